The van der Waals surface area contributed by atoms with E-state index in [-0.39, 0.29) is 23.4 Å². The molecular formula is C21H25ClN2O4S. The van der Waals surface area contributed by atoms with Crippen molar-refractivity contribution in [2.75, 3.05) is 24.5 Å². The number of anilines is 1. The van der Waals surface area contributed by atoms with Gasteiger partial charge < -0.3 is 9.64 Å². The fourth-order valence-electron chi connectivity index (χ4n) is 3.55. The Morgan fingerprint density at radius 1 is 1.17 bits per heavy atom. The van der Waals surface area contributed by atoms with E-state index in [1.807, 2.05) is 6.92 Å². The highest BCUT2D eigenvalue weighted by Crippen LogP contribution is 2.33. The Balaban J connectivity index is 2.02. The number of nitrogens with zero attached hydrogens (tertiary/aromatic N) is 2. The van der Waals surface area contributed by atoms with Crippen LogP contribution in [0.5, 0.6) is 5.75 Å². The zero-order valence-corrected chi connectivity index (χ0v) is 18.1. The summed E-state index contributed by atoms with van der Waals surface area (Å²) in [6.07, 6.45) is 2.92. The van der Waals surface area contributed by atoms with Gasteiger partial charge in [-0.1, -0.05) is 23.7 Å². The Bertz CT molecular complexity index is 963. The molecular weight excluding hydrogens is 412 g/mol. The molecule has 0 spiro atoms. The number of methoxy groups -OCH3 is 1. The van der Waals surface area contributed by atoms with Gasteiger partial charge in [0.25, 0.3) is 10.0 Å². The second-order valence-electron chi connectivity index (χ2n) is 7.07. The van der Waals surface area contributed by atoms with Gasteiger partial charge in [-0.05, 0) is 62.6 Å². The smallest absolute Gasteiger partial charge is 0.264 e. The zero-order chi connectivity index (χ0) is 21.0. The predicted octanol–water partition coefficient (Wildman–Crippen LogP) is 3.94. The summed E-state index contributed by atoms with van der Waals surface area (Å²) >= 11 is 5.92. The monoisotopic (exact) mass is 436 g/mol. The second kappa shape index (κ2) is 9.05. The highest BCUT2D eigenvalue weighted by Gasteiger charge is 2.32. The molecule has 1 fully saturated rings. The lowest BCUT2D eigenvalue weighted by molar-refractivity contribution is -0.132. The molecule has 1 aliphatic heterocycles. The molecule has 1 amide bonds. The van der Waals surface area contributed by atoms with Crippen molar-refractivity contribution < 1.29 is 17.9 Å². The van der Waals surface area contributed by atoms with E-state index >= 15 is 0 Å². The Hall–Kier alpha value is -2.25. The lowest BCUT2D eigenvalue weighted by atomic mass is 10.0. The van der Waals surface area contributed by atoms with Crippen molar-refractivity contribution in [1.82, 2.24) is 4.90 Å². The Labute approximate surface area is 177 Å². The summed E-state index contributed by atoms with van der Waals surface area (Å²) < 4.78 is 33.4. The molecule has 1 saturated heterocycles. The summed E-state index contributed by atoms with van der Waals surface area (Å²) in [5, 5.41) is 0.436. The number of hydrogen-bond donors (Lipinski definition) is 0. The molecule has 29 heavy (non-hydrogen) atoms. The number of carbonyl (C=O) groups is 1. The van der Waals surface area contributed by atoms with Crippen LogP contribution < -0.4 is 9.04 Å². The maximum Gasteiger partial charge on any atom is 0.264 e. The molecule has 2 aromatic carbocycles. The summed E-state index contributed by atoms with van der Waals surface area (Å²) in [5.74, 6) is 0.158. The molecule has 0 bridgehead atoms. The van der Waals surface area contributed by atoms with Gasteiger partial charge in [-0.2, -0.15) is 0 Å². The third kappa shape index (κ3) is 4.67. The van der Waals surface area contributed by atoms with Crippen LogP contribution >= 0.6 is 11.6 Å². The molecule has 0 radical (unpaired) electrons. The van der Waals surface area contributed by atoms with Crippen LogP contribution in [0.2, 0.25) is 5.02 Å². The molecule has 0 saturated carbocycles. The predicted molar refractivity (Wildman–Crippen MR) is 114 cm³/mol. The van der Waals surface area contributed by atoms with Gasteiger partial charge in [-0.3, -0.25) is 9.10 Å². The highest BCUT2D eigenvalue weighted by atomic mass is 35.5. The van der Waals surface area contributed by atoms with Crippen LogP contribution in [-0.4, -0.2) is 45.5 Å². The first-order valence-corrected chi connectivity index (χ1v) is 11.4. The SMILES string of the molecule is COc1ccccc1N(CC(=O)N1CCCC[C@H]1C)S(=O)(=O)c1ccc(Cl)cc1. The number of halogens is 1. The number of benzene rings is 2. The first kappa shape index (κ1) is 21.5. The Morgan fingerprint density at radius 3 is 2.52 bits per heavy atom. The summed E-state index contributed by atoms with van der Waals surface area (Å²) in [4.78, 5) is 14.9. The standard InChI is InChI=1S/C21H25ClN2O4S/c1-16-7-5-6-14-23(16)21(25)15-24(19-8-3-4-9-20(19)28-2)29(26,27)18-12-10-17(22)11-13-18/h3-4,8-13,16H,5-7,14-15H2,1-2H3/t16-/m1/s1. The number of piperidine rings is 1. The minimum absolute atomic E-state index is 0.0623. The fraction of sp³-hybridized carbons (Fsp3) is 0.381. The molecule has 2 aromatic rings. The van der Waals surface area contributed by atoms with Crippen molar-refractivity contribution in [3.8, 4) is 5.75 Å². The number of ether oxygens (including phenoxy) is 1. The minimum atomic E-state index is -4.01. The quantitative estimate of drug-likeness (QED) is 0.687. The fourth-order valence-corrected chi connectivity index (χ4v) is 5.10. The molecule has 0 unspecified atom stereocenters. The molecule has 1 aliphatic rings. The van der Waals surface area contributed by atoms with Gasteiger partial charge in [0.2, 0.25) is 5.91 Å². The number of rotatable bonds is 6. The normalized spacial score (nSPS) is 17.1. The average molecular weight is 437 g/mol. The molecule has 6 nitrogen and oxygen atoms in total. The van der Waals surface area contributed by atoms with Gasteiger partial charge in [0.15, 0.2) is 0 Å². The van der Waals surface area contributed by atoms with E-state index in [1.165, 1.54) is 31.4 Å². The molecule has 156 valence electrons. The first-order chi connectivity index (χ1) is 13.8. The van der Waals surface area contributed by atoms with Crippen LogP contribution in [0.4, 0.5) is 5.69 Å². The number of likely N-dealkylation sites (tertiary alicyclic amines) is 1. The van der Waals surface area contributed by atoms with Crippen LogP contribution in [0.15, 0.2) is 53.4 Å². The molecule has 0 N–H and O–H groups in total. The molecule has 0 aromatic heterocycles. The lowest BCUT2D eigenvalue weighted by Crippen LogP contribution is -2.48. The number of para-hydroxylation sites is 2. The Morgan fingerprint density at radius 2 is 1.86 bits per heavy atom. The third-order valence-electron chi connectivity index (χ3n) is 5.16. The highest BCUT2D eigenvalue weighted by molar-refractivity contribution is 7.92. The largest absolute Gasteiger partial charge is 0.495 e. The van der Waals surface area contributed by atoms with Crippen molar-refractivity contribution >= 4 is 33.2 Å². The third-order valence-corrected chi connectivity index (χ3v) is 7.18. The van der Waals surface area contributed by atoms with E-state index < -0.39 is 10.0 Å². The first-order valence-electron chi connectivity index (χ1n) is 9.55. The number of amides is 1. The molecule has 8 heteroatoms. The lowest BCUT2D eigenvalue weighted by Gasteiger charge is -2.35. The van der Waals surface area contributed by atoms with E-state index in [1.54, 1.807) is 29.2 Å². The van der Waals surface area contributed by atoms with Gasteiger partial charge in [-0.15, -0.1) is 0 Å². The molecule has 1 atom stereocenters. The second-order valence-corrected chi connectivity index (χ2v) is 9.37. The van der Waals surface area contributed by atoms with Crippen LogP contribution in [0.1, 0.15) is 26.2 Å². The number of carbonyl (C=O) groups excluding carboxylic acids is 1. The molecule has 3 rings (SSSR count). The number of sulfonamides is 1. The van der Waals surface area contributed by atoms with Crippen molar-refractivity contribution in [3.05, 3.63) is 53.6 Å². The topological polar surface area (TPSA) is 66.9 Å². The van der Waals surface area contributed by atoms with Crippen molar-refractivity contribution in [2.45, 2.75) is 37.1 Å². The summed E-state index contributed by atoms with van der Waals surface area (Å²) in [6, 6.07) is 12.8. The van der Waals surface area contributed by atoms with Gasteiger partial charge in [0.05, 0.1) is 17.7 Å². The van der Waals surface area contributed by atoms with Gasteiger partial charge in [0.1, 0.15) is 12.3 Å². The Kier molecular flexibility index (Phi) is 6.70. The average Bonchev–Trinajstić information content (AvgIpc) is 2.72. The maximum absolute atomic E-state index is 13.5. The number of hydrogen-bond acceptors (Lipinski definition) is 4. The minimum Gasteiger partial charge on any atom is -0.495 e. The zero-order valence-electron chi connectivity index (χ0n) is 16.5. The summed E-state index contributed by atoms with van der Waals surface area (Å²) in [6.45, 7) is 2.34. The van der Waals surface area contributed by atoms with Crippen molar-refractivity contribution in [2.24, 2.45) is 0 Å². The van der Waals surface area contributed by atoms with Crippen LogP contribution in [0, 0.1) is 0 Å². The van der Waals surface area contributed by atoms with Crippen LogP contribution in [0.3, 0.4) is 0 Å². The van der Waals surface area contributed by atoms with E-state index in [0.717, 1.165) is 23.6 Å². The van der Waals surface area contributed by atoms with E-state index in [4.69, 9.17) is 16.3 Å². The summed E-state index contributed by atoms with van der Waals surface area (Å²) in [5.41, 5.74) is 0.322. The van der Waals surface area contributed by atoms with Crippen molar-refractivity contribution in [1.29, 1.82) is 0 Å². The van der Waals surface area contributed by atoms with Gasteiger partial charge >= 0.3 is 0 Å². The molecule has 0 aliphatic carbocycles. The van der Waals surface area contributed by atoms with E-state index in [2.05, 4.69) is 0 Å². The van der Waals surface area contributed by atoms with Gasteiger partial charge in [0, 0.05) is 17.6 Å². The van der Waals surface area contributed by atoms with E-state index in [9.17, 15) is 13.2 Å². The molecule has 1 heterocycles. The van der Waals surface area contributed by atoms with Crippen LogP contribution in [-0.2, 0) is 14.8 Å². The maximum atomic E-state index is 13.5. The van der Waals surface area contributed by atoms with Crippen LogP contribution in [0.25, 0.3) is 0 Å². The van der Waals surface area contributed by atoms with Crippen molar-refractivity contribution in [3.63, 3.8) is 0 Å². The van der Waals surface area contributed by atoms with E-state index in [0.29, 0.717) is 23.0 Å². The summed E-state index contributed by atoms with van der Waals surface area (Å²) in [7, 11) is -2.53. The van der Waals surface area contributed by atoms with Gasteiger partial charge in [-0.25, -0.2) is 8.42 Å².